The third-order valence-corrected chi connectivity index (χ3v) is 3.56. The van der Waals surface area contributed by atoms with Crippen LogP contribution in [0.1, 0.15) is 5.56 Å². The van der Waals surface area contributed by atoms with Crippen LogP contribution < -0.4 is 10.4 Å². The minimum atomic E-state index is -0.507. The zero-order chi connectivity index (χ0) is 16.4. The first kappa shape index (κ1) is 15.2. The van der Waals surface area contributed by atoms with Gasteiger partial charge in [-0.25, -0.2) is 9.18 Å². The second-order valence-electron chi connectivity index (χ2n) is 4.75. The predicted molar refractivity (Wildman–Crippen MR) is 82.3 cm³/mol. The summed E-state index contributed by atoms with van der Waals surface area (Å²) < 4.78 is 21.8. The molecule has 1 aromatic heterocycles. The molecule has 8 heteroatoms. The van der Waals surface area contributed by atoms with E-state index in [9.17, 15) is 9.18 Å². The summed E-state index contributed by atoms with van der Waals surface area (Å²) in [6.07, 6.45) is 0. The SMILES string of the molecule is Cn1nnn(-c2cccc(F)c2COc2ccccc2Cl)c1=O. The van der Waals surface area contributed by atoms with E-state index in [0.717, 1.165) is 9.36 Å². The van der Waals surface area contributed by atoms with Crippen LogP contribution in [-0.2, 0) is 13.7 Å². The fraction of sp³-hybridized carbons (Fsp3) is 0.133. The van der Waals surface area contributed by atoms with E-state index in [0.29, 0.717) is 10.8 Å². The first-order valence-electron chi connectivity index (χ1n) is 6.72. The number of tetrazole rings is 1. The Bertz CT molecular complexity index is 906. The van der Waals surface area contributed by atoms with E-state index in [-0.39, 0.29) is 17.9 Å². The van der Waals surface area contributed by atoms with Gasteiger partial charge in [-0.05, 0) is 34.7 Å². The highest BCUT2D eigenvalue weighted by Crippen LogP contribution is 2.25. The van der Waals surface area contributed by atoms with Crippen LogP contribution in [0.4, 0.5) is 4.39 Å². The minimum absolute atomic E-state index is 0.102. The Kier molecular flexibility index (Phi) is 4.12. The molecule has 23 heavy (non-hydrogen) atoms. The molecule has 0 spiro atoms. The van der Waals surface area contributed by atoms with Gasteiger partial charge in [-0.3, -0.25) is 0 Å². The topological polar surface area (TPSA) is 61.9 Å². The van der Waals surface area contributed by atoms with Crippen LogP contribution in [0.3, 0.4) is 0 Å². The maximum atomic E-state index is 14.2. The summed E-state index contributed by atoms with van der Waals surface area (Å²) in [5.74, 6) is -0.0815. The molecule has 0 saturated heterocycles. The quantitative estimate of drug-likeness (QED) is 0.734. The molecule has 0 unspecified atom stereocenters. The summed E-state index contributed by atoms with van der Waals surface area (Å²) >= 11 is 6.02. The van der Waals surface area contributed by atoms with E-state index in [2.05, 4.69) is 10.4 Å². The van der Waals surface area contributed by atoms with Crippen molar-refractivity contribution in [2.45, 2.75) is 6.61 Å². The molecule has 0 aliphatic carbocycles. The van der Waals surface area contributed by atoms with Crippen molar-refractivity contribution in [1.29, 1.82) is 0 Å². The molecule has 0 N–H and O–H groups in total. The van der Waals surface area contributed by atoms with E-state index >= 15 is 0 Å². The Labute approximate surface area is 135 Å². The summed E-state index contributed by atoms with van der Waals surface area (Å²) in [5, 5.41) is 7.78. The van der Waals surface area contributed by atoms with Crippen molar-refractivity contribution in [2.24, 2.45) is 7.05 Å². The molecule has 6 nitrogen and oxygen atoms in total. The van der Waals surface area contributed by atoms with Gasteiger partial charge in [0.1, 0.15) is 18.2 Å². The Morgan fingerprint density at radius 2 is 1.96 bits per heavy atom. The van der Waals surface area contributed by atoms with Crippen LogP contribution in [0.25, 0.3) is 5.69 Å². The lowest BCUT2D eigenvalue weighted by Gasteiger charge is -2.12. The van der Waals surface area contributed by atoms with Crippen LogP contribution in [0, 0.1) is 5.82 Å². The number of hydrogen-bond acceptors (Lipinski definition) is 4. The molecule has 0 radical (unpaired) electrons. The minimum Gasteiger partial charge on any atom is -0.487 e. The number of ether oxygens (including phenoxy) is 1. The Hall–Kier alpha value is -2.67. The van der Waals surface area contributed by atoms with E-state index in [1.54, 1.807) is 30.3 Å². The number of hydrogen-bond donors (Lipinski definition) is 0. The molecule has 0 aliphatic rings. The van der Waals surface area contributed by atoms with Gasteiger partial charge in [0.05, 0.1) is 16.3 Å². The molecule has 0 aliphatic heterocycles. The summed E-state index contributed by atoms with van der Waals surface area (Å²) in [6.45, 7) is -0.102. The largest absolute Gasteiger partial charge is 0.487 e. The van der Waals surface area contributed by atoms with Crippen molar-refractivity contribution in [1.82, 2.24) is 19.8 Å². The van der Waals surface area contributed by atoms with E-state index in [4.69, 9.17) is 16.3 Å². The molecule has 0 fully saturated rings. The number of para-hydroxylation sites is 1. The highest BCUT2D eigenvalue weighted by Gasteiger charge is 2.15. The van der Waals surface area contributed by atoms with Crippen LogP contribution >= 0.6 is 11.6 Å². The standard InChI is InChI=1S/C15H12ClFN4O2/c1-20-15(22)21(19-18-20)13-7-4-6-12(17)10(13)9-23-14-8-3-2-5-11(14)16/h2-8H,9H2,1H3. The highest BCUT2D eigenvalue weighted by molar-refractivity contribution is 6.32. The molecule has 1 heterocycles. The van der Waals surface area contributed by atoms with Gasteiger partial charge in [0.2, 0.25) is 0 Å². The first-order valence-corrected chi connectivity index (χ1v) is 7.10. The van der Waals surface area contributed by atoms with Gasteiger partial charge in [-0.1, -0.05) is 29.8 Å². The van der Waals surface area contributed by atoms with Gasteiger partial charge >= 0.3 is 5.69 Å². The number of rotatable bonds is 4. The zero-order valence-electron chi connectivity index (χ0n) is 12.1. The fourth-order valence-corrected chi connectivity index (χ4v) is 2.26. The second kappa shape index (κ2) is 6.21. The van der Waals surface area contributed by atoms with Crippen molar-refractivity contribution in [2.75, 3.05) is 0 Å². The fourth-order valence-electron chi connectivity index (χ4n) is 2.07. The Balaban J connectivity index is 1.98. The Morgan fingerprint density at radius 3 is 2.65 bits per heavy atom. The summed E-state index contributed by atoms with van der Waals surface area (Å²) in [4.78, 5) is 12.0. The molecular formula is C15H12ClFN4O2. The van der Waals surface area contributed by atoms with Crippen LogP contribution in [-0.4, -0.2) is 19.8 Å². The van der Waals surface area contributed by atoms with Gasteiger partial charge < -0.3 is 4.74 Å². The molecule has 3 rings (SSSR count). The van der Waals surface area contributed by atoms with Crippen molar-refractivity contribution in [3.63, 3.8) is 0 Å². The average molecular weight is 335 g/mol. The number of aryl methyl sites for hydroxylation is 1. The van der Waals surface area contributed by atoms with Crippen LogP contribution in [0.2, 0.25) is 5.02 Å². The van der Waals surface area contributed by atoms with Gasteiger partial charge in [-0.2, -0.15) is 9.36 Å². The molecule has 118 valence electrons. The number of benzene rings is 2. The third-order valence-electron chi connectivity index (χ3n) is 3.25. The molecular weight excluding hydrogens is 323 g/mol. The molecule has 0 amide bonds. The molecule has 0 bridgehead atoms. The highest BCUT2D eigenvalue weighted by atomic mass is 35.5. The molecule has 3 aromatic rings. The van der Waals surface area contributed by atoms with Crippen LogP contribution in [0.15, 0.2) is 47.3 Å². The monoisotopic (exact) mass is 334 g/mol. The average Bonchev–Trinajstić information content (AvgIpc) is 2.87. The van der Waals surface area contributed by atoms with E-state index in [1.165, 1.54) is 19.2 Å². The lowest BCUT2D eigenvalue weighted by molar-refractivity contribution is 0.299. The van der Waals surface area contributed by atoms with Gasteiger partial charge in [0.15, 0.2) is 0 Å². The maximum absolute atomic E-state index is 14.2. The van der Waals surface area contributed by atoms with Gasteiger partial charge in [0, 0.05) is 7.05 Å². The zero-order valence-corrected chi connectivity index (χ0v) is 12.9. The van der Waals surface area contributed by atoms with E-state index < -0.39 is 11.5 Å². The lowest BCUT2D eigenvalue weighted by Crippen LogP contribution is -2.23. The van der Waals surface area contributed by atoms with Crippen molar-refractivity contribution in [3.05, 3.63) is 69.4 Å². The summed E-state index contributed by atoms with van der Waals surface area (Å²) in [6, 6.07) is 11.2. The molecule has 0 atom stereocenters. The van der Waals surface area contributed by atoms with Crippen molar-refractivity contribution < 1.29 is 9.13 Å². The number of aromatic nitrogens is 4. The lowest BCUT2D eigenvalue weighted by atomic mass is 10.2. The Morgan fingerprint density at radius 1 is 1.17 bits per heavy atom. The molecule has 0 saturated carbocycles. The molecule has 2 aromatic carbocycles. The van der Waals surface area contributed by atoms with E-state index in [1.807, 2.05) is 0 Å². The normalized spacial score (nSPS) is 10.7. The number of halogens is 2. The van der Waals surface area contributed by atoms with Gasteiger partial charge in [0.25, 0.3) is 0 Å². The second-order valence-corrected chi connectivity index (χ2v) is 5.16. The smallest absolute Gasteiger partial charge is 0.368 e. The van der Waals surface area contributed by atoms with Crippen molar-refractivity contribution in [3.8, 4) is 11.4 Å². The number of nitrogens with zero attached hydrogens (tertiary/aromatic N) is 4. The summed E-state index contributed by atoms with van der Waals surface area (Å²) in [7, 11) is 1.46. The summed E-state index contributed by atoms with van der Waals surface area (Å²) in [5.41, 5.74) is -0.0141. The maximum Gasteiger partial charge on any atom is 0.368 e. The third kappa shape index (κ3) is 2.95. The van der Waals surface area contributed by atoms with Gasteiger partial charge in [-0.15, -0.1) is 0 Å². The van der Waals surface area contributed by atoms with Crippen LogP contribution in [0.5, 0.6) is 5.75 Å². The first-order chi connectivity index (χ1) is 11.1. The predicted octanol–water partition coefficient (Wildman–Crippen LogP) is 2.34. The van der Waals surface area contributed by atoms with Crippen molar-refractivity contribution >= 4 is 11.6 Å².